The number of esters is 1. The number of carbonyl (C=O) groups excluding carboxylic acids is 1. The van der Waals surface area contributed by atoms with Gasteiger partial charge in [0, 0.05) is 32.2 Å². The van der Waals surface area contributed by atoms with Crippen molar-refractivity contribution in [1.29, 1.82) is 0 Å². The molecule has 3 atom stereocenters. The second-order valence-electron chi connectivity index (χ2n) is 6.70. The smallest absolute Gasteiger partial charge is 0.310 e. The highest BCUT2D eigenvalue weighted by atomic mass is 16.7. The van der Waals surface area contributed by atoms with Crippen molar-refractivity contribution in [2.75, 3.05) is 33.4 Å². The molecule has 5 nitrogen and oxygen atoms in total. The van der Waals surface area contributed by atoms with E-state index < -0.39 is 0 Å². The minimum absolute atomic E-state index is 0.111. The fourth-order valence-corrected chi connectivity index (χ4v) is 3.59. The first-order valence-corrected chi connectivity index (χ1v) is 8.83. The lowest BCUT2D eigenvalue weighted by molar-refractivity contribution is -0.173. The van der Waals surface area contributed by atoms with E-state index in [-0.39, 0.29) is 24.1 Å². The van der Waals surface area contributed by atoms with Crippen LogP contribution in [0.2, 0.25) is 0 Å². The lowest BCUT2D eigenvalue weighted by Gasteiger charge is -2.25. The molecule has 0 saturated carbocycles. The Balaban J connectivity index is 1.56. The highest BCUT2D eigenvalue weighted by Crippen LogP contribution is 2.27. The monoisotopic (exact) mass is 333 g/mol. The summed E-state index contributed by atoms with van der Waals surface area (Å²) in [5, 5.41) is 0. The van der Waals surface area contributed by atoms with Gasteiger partial charge in [-0.3, -0.25) is 9.69 Å². The van der Waals surface area contributed by atoms with Gasteiger partial charge in [-0.25, -0.2) is 0 Å². The van der Waals surface area contributed by atoms with Crippen LogP contribution in [-0.4, -0.2) is 50.6 Å². The number of hydrogen-bond donors (Lipinski definition) is 0. The molecule has 1 aromatic carbocycles. The summed E-state index contributed by atoms with van der Waals surface area (Å²) in [7, 11) is 1.46. The van der Waals surface area contributed by atoms with Crippen molar-refractivity contribution in [3.8, 4) is 0 Å². The van der Waals surface area contributed by atoms with E-state index in [0.717, 1.165) is 45.5 Å². The summed E-state index contributed by atoms with van der Waals surface area (Å²) in [6.45, 7) is 3.75. The summed E-state index contributed by atoms with van der Waals surface area (Å²) in [6, 6.07) is 10.3. The molecule has 3 unspecified atom stereocenters. The van der Waals surface area contributed by atoms with Crippen LogP contribution in [0.5, 0.6) is 0 Å². The third-order valence-electron chi connectivity index (χ3n) is 4.90. The Morgan fingerprint density at radius 3 is 2.79 bits per heavy atom. The van der Waals surface area contributed by atoms with Crippen LogP contribution >= 0.6 is 0 Å². The quantitative estimate of drug-likeness (QED) is 0.749. The maximum atomic E-state index is 12.1. The Morgan fingerprint density at radius 1 is 1.25 bits per heavy atom. The number of ether oxygens (including phenoxy) is 3. The Bertz CT molecular complexity index is 515. The van der Waals surface area contributed by atoms with E-state index in [4.69, 9.17) is 14.2 Å². The molecule has 0 bridgehead atoms. The maximum Gasteiger partial charge on any atom is 0.310 e. The summed E-state index contributed by atoms with van der Waals surface area (Å²) in [5.74, 6) is -0.0993. The lowest BCUT2D eigenvalue weighted by atomic mass is 9.97. The van der Waals surface area contributed by atoms with Crippen LogP contribution < -0.4 is 0 Å². The van der Waals surface area contributed by atoms with E-state index >= 15 is 0 Å². The standard InChI is InChI=1S/C19H27NO4/c1-22-19(21)17-13-20(11-15-7-3-2-4-8-15)12-16(17)14-24-18-9-5-6-10-23-18/h2-4,7-8,16-18H,5-6,9-14H2,1H3. The summed E-state index contributed by atoms with van der Waals surface area (Å²) in [6.07, 6.45) is 3.10. The molecule has 5 heteroatoms. The average molecular weight is 333 g/mol. The zero-order valence-electron chi connectivity index (χ0n) is 14.4. The molecule has 3 rings (SSSR count). The summed E-state index contributed by atoms with van der Waals surface area (Å²) < 4.78 is 16.6. The Kier molecular flexibility index (Phi) is 6.24. The first kappa shape index (κ1) is 17.4. The zero-order chi connectivity index (χ0) is 16.8. The minimum Gasteiger partial charge on any atom is -0.469 e. The van der Waals surface area contributed by atoms with Crippen LogP contribution in [0.3, 0.4) is 0 Å². The minimum atomic E-state index is -0.135. The van der Waals surface area contributed by atoms with E-state index in [1.807, 2.05) is 18.2 Å². The van der Waals surface area contributed by atoms with Gasteiger partial charge in [0.2, 0.25) is 0 Å². The second kappa shape index (κ2) is 8.60. The summed E-state index contributed by atoms with van der Waals surface area (Å²) >= 11 is 0. The first-order chi connectivity index (χ1) is 11.8. The van der Waals surface area contributed by atoms with Crippen molar-refractivity contribution < 1.29 is 19.0 Å². The molecule has 1 aromatic rings. The van der Waals surface area contributed by atoms with Gasteiger partial charge in [0.05, 0.1) is 19.6 Å². The van der Waals surface area contributed by atoms with Gasteiger partial charge in [0.25, 0.3) is 0 Å². The highest BCUT2D eigenvalue weighted by molar-refractivity contribution is 5.73. The average Bonchev–Trinajstić information content (AvgIpc) is 3.04. The fraction of sp³-hybridized carbons (Fsp3) is 0.632. The van der Waals surface area contributed by atoms with Crippen LogP contribution in [0, 0.1) is 11.8 Å². The predicted molar refractivity (Wildman–Crippen MR) is 90.3 cm³/mol. The summed E-state index contributed by atoms with van der Waals surface area (Å²) in [5.41, 5.74) is 1.26. The third-order valence-corrected chi connectivity index (χ3v) is 4.90. The second-order valence-corrected chi connectivity index (χ2v) is 6.70. The predicted octanol–water partition coefficient (Wildman–Crippen LogP) is 2.45. The molecule has 2 saturated heterocycles. The molecule has 0 radical (unpaired) electrons. The van der Waals surface area contributed by atoms with Gasteiger partial charge in [-0.1, -0.05) is 30.3 Å². The van der Waals surface area contributed by atoms with E-state index in [9.17, 15) is 4.79 Å². The van der Waals surface area contributed by atoms with Gasteiger partial charge in [-0.15, -0.1) is 0 Å². The molecular formula is C19H27NO4. The van der Waals surface area contributed by atoms with E-state index in [1.165, 1.54) is 12.7 Å². The van der Waals surface area contributed by atoms with Gasteiger partial charge < -0.3 is 14.2 Å². The number of likely N-dealkylation sites (tertiary alicyclic amines) is 1. The number of carbonyl (C=O) groups is 1. The van der Waals surface area contributed by atoms with E-state index in [2.05, 4.69) is 17.0 Å². The summed E-state index contributed by atoms with van der Waals surface area (Å²) in [4.78, 5) is 14.5. The van der Waals surface area contributed by atoms with Crippen LogP contribution in [-0.2, 0) is 25.5 Å². The Morgan fingerprint density at radius 2 is 2.08 bits per heavy atom. The molecule has 0 spiro atoms. The van der Waals surface area contributed by atoms with Crippen LogP contribution in [0.4, 0.5) is 0 Å². The van der Waals surface area contributed by atoms with Gasteiger partial charge in [0.1, 0.15) is 0 Å². The molecule has 132 valence electrons. The van der Waals surface area contributed by atoms with Gasteiger partial charge in [-0.2, -0.15) is 0 Å². The van der Waals surface area contributed by atoms with Crippen molar-refractivity contribution in [2.45, 2.75) is 32.1 Å². The molecule has 2 heterocycles. The lowest BCUT2D eigenvalue weighted by Crippen LogP contribution is -2.30. The Labute approximate surface area is 143 Å². The van der Waals surface area contributed by atoms with Crippen molar-refractivity contribution in [3.63, 3.8) is 0 Å². The number of hydrogen-bond acceptors (Lipinski definition) is 5. The van der Waals surface area contributed by atoms with E-state index in [1.54, 1.807) is 0 Å². The third kappa shape index (κ3) is 4.56. The van der Waals surface area contributed by atoms with E-state index in [0.29, 0.717) is 6.61 Å². The molecule has 2 fully saturated rings. The number of methoxy groups -OCH3 is 1. The molecule has 0 N–H and O–H groups in total. The van der Waals surface area contributed by atoms with Crippen molar-refractivity contribution in [2.24, 2.45) is 11.8 Å². The van der Waals surface area contributed by atoms with Crippen LogP contribution in [0.15, 0.2) is 30.3 Å². The van der Waals surface area contributed by atoms with Crippen LogP contribution in [0.1, 0.15) is 24.8 Å². The molecule has 2 aliphatic heterocycles. The Hall–Kier alpha value is -1.43. The fourth-order valence-electron chi connectivity index (χ4n) is 3.59. The van der Waals surface area contributed by atoms with Crippen LogP contribution in [0.25, 0.3) is 0 Å². The SMILES string of the molecule is COC(=O)C1CN(Cc2ccccc2)CC1COC1CCCCO1. The molecule has 2 aliphatic rings. The van der Waals surface area contributed by atoms with Gasteiger partial charge in [0.15, 0.2) is 6.29 Å². The number of benzene rings is 1. The maximum absolute atomic E-state index is 12.1. The zero-order valence-corrected chi connectivity index (χ0v) is 14.4. The van der Waals surface area contributed by atoms with Crippen molar-refractivity contribution >= 4 is 5.97 Å². The first-order valence-electron chi connectivity index (χ1n) is 8.83. The highest BCUT2D eigenvalue weighted by Gasteiger charge is 2.38. The molecule has 24 heavy (non-hydrogen) atoms. The van der Waals surface area contributed by atoms with Gasteiger partial charge >= 0.3 is 5.97 Å². The number of nitrogens with zero attached hydrogens (tertiary/aromatic N) is 1. The van der Waals surface area contributed by atoms with Gasteiger partial charge in [-0.05, 0) is 24.8 Å². The largest absolute Gasteiger partial charge is 0.469 e. The van der Waals surface area contributed by atoms with Crippen molar-refractivity contribution in [3.05, 3.63) is 35.9 Å². The van der Waals surface area contributed by atoms with Crippen molar-refractivity contribution in [1.82, 2.24) is 4.90 Å². The number of rotatable bonds is 6. The topological polar surface area (TPSA) is 48.0 Å². The molecular weight excluding hydrogens is 306 g/mol. The molecule has 0 aromatic heterocycles. The molecule has 0 amide bonds. The molecule has 0 aliphatic carbocycles. The normalized spacial score (nSPS) is 28.0.